The van der Waals surface area contributed by atoms with Crippen molar-refractivity contribution in [1.82, 2.24) is 9.88 Å². The Hall–Kier alpha value is -3.91. The van der Waals surface area contributed by atoms with E-state index in [9.17, 15) is 14.7 Å². The molecule has 2 fully saturated rings. The average Bonchev–Trinajstić information content (AvgIpc) is 2.90. The molecule has 1 saturated heterocycles. The van der Waals surface area contributed by atoms with Gasteiger partial charge in [-0.15, -0.1) is 0 Å². The maximum absolute atomic E-state index is 13.0. The Morgan fingerprint density at radius 1 is 1.05 bits per heavy atom. The van der Waals surface area contributed by atoms with Crippen molar-refractivity contribution >= 4 is 17.7 Å². The largest absolute Gasteiger partial charge is 0.466 e. The van der Waals surface area contributed by atoms with Crippen LogP contribution in [0.3, 0.4) is 0 Å². The van der Waals surface area contributed by atoms with Crippen molar-refractivity contribution in [3.8, 4) is 28.3 Å². The van der Waals surface area contributed by atoms with E-state index in [1.807, 2.05) is 81.4 Å². The number of ether oxygens (including phenoxy) is 2. The van der Waals surface area contributed by atoms with E-state index < -0.39 is 17.2 Å². The molecule has 8 heteroatoms. The van der Waals surface area contributed by atoms with E-state index >= 15 is 0 Å². The molecule has 3 aromatic rings. The number of carbonyl (C=O) groups is 2. The third-order valence-electron chi connectivity index (χ3n) is 8.59. The number of carbonyl (C=O) groups excluding carboxylic acids is 1. The highest BCUT2D eigenvalue weighted by atomic mass is 16.5. The quantitative estimate of drug-likeness (QED) is 0.382. The second-order valence-corrected chi connectivity index (χ2v) is 12.9. The highest BCUT2D eigenvalue weighted by Crippen LogP contribution is 2.50. The van der Waals surface area contributed by atoms with Crippen LogP contribution >= 0.6 is 0 Å². The zero-order chi connectivity index (χ0) is 29.0. The van der Waals surface area contributed by atoms with E-state index in [0.29, 0.717) is 31.3 Å². The van der Waals surface area contributed by atoms with Gasteiger partial charge in [0.1, 0.15) is 5.69 Å². The van der Waals surface area contributed by atoms with Crippen molar-refractivity contribution in [1.29, 1.82) is 0 Å². The van der Waals surface area contributed by atoms with Crippen LogP contribution in [0.4, 0.5) is 10.5 Å². The normalized spacial score (nSPS) is 18.9. The number of rotatable bonds is 6. The molecule has 0 radical (unpaired) electrons. The minimum atomic E-state index is -0.900. The molecule has 8 nitrogen and oxygen atoms in total. The van der Waals surface area contributed by atoms with Crippen LogP contribution in [-0.4, -0.2) is 58.9 Å². The van der Waals surface area contributed by atoms with Crippen LogP contribution in [-0.2, 0) is 15.1 Å². The third-order valence-corrected chi connectivity index (χ3v) is 8.59. The minimum absolute atomic E-state index is 0.0552. The molecule has 3 heterocycles. The molecular formula is C33H37N3O5. The van der Waals surface area contributed by atoms with E-state index in [1.165, 1.54) is 0 Å². The highest BCUT2D eigenvalue weighted by molar-refractivity contribution is 5.99. The lowest BCUT2D eigenvalue weighted by molar-refractivity contribution is -0.125. The van der Waals surface area contributed by atoms with Gasteiger partial charge in [-0.3, -0.25) is 9.69 Å². The lowest BCUT2D eigenvalue weighted by atomic mass is 9.69. The Balaban J connectivity index is 1.43. The topological polar surface area (TPSA) is 92.2 Å². The number of aromatic nitrogens is 1. The fraction of sp³-hybridized carbons (Fsp3) is 0.424. The zero-order valence-electron chi connectivity index (χ0n) is 24.1. The second kappa shape index (κ2) is 9.87. The summed E-state index contributed by atoms with van der Waals surface area (Å²) in [6.45, 7) is 9.70. The molecule has 1 saturated carbocycles. The number of hydrogen-bond acceptors (Lipinski definition) is 5. The number of benzene rings is 2. The Morgan fingerprint density at radius 2 is 1.73 bits per heavy atom. The van der Waals surface area contributed by atoms with Crippen LogP contribution in [0.25, 0.3) is 22.4 Å². The first kappa shape index (κ1) is 27.3. The molecule has 3 aliphatic rings. The fourth-order valence-electron chi connectivity index (χ4n) is 6.49. The molecule has 1 N–H and O–H groups in total. The van der Waals surface area contributed by atoms with Crippen LogP contribution < -0.4 is 9.64 Å². The van der Waals surface area contributed by atoms with Gasteiger partial charge in [-0.2, -0.15) is 0 Å². The summed E-state index contributed by atoms with van der Waals surface area (Å²) in [7, 11) is 0. The first-order valence-electron chi connectivity index (χ1n) is 14.3. The maximum Gasteiger partial charge on any atom is 0.408 e. The third kappa shape index (κ3) is 4.74. The number of amides is 2. The average molecular weight is 556 g/mol. The van der Waals surface area contributed by atoms with Crippen LogP contribution in [0.1, 0.15) is 52.5 Å². The Kier molecular flexibility index (Phi) is 6.57. The van der Waals surface area contributed by atoms with Crippen molar-refractivity contribution in [2.45, 2.75) is 58.0 Å². The number of anilines is 1. The first-order valence-corrected chi connectivity index (χ1v) is 14.3. The summed E-state index contributed by atoms with van der Waals surface area (Å²) in [5.41, 5.74) is 4.02. The lowest BCUT2D eigenvalue weighted by Gasteiger charge is -2.54. The molecule has 0 unspecified atom stereocenters. The zero-order valence-corrected chi connectivity index (χ0v) is 24.1. The van der Waals surface area contributed by atoms with E-state index in [1.54, 1.807) is 9.80 Å². The Bertz CT molecular complexity index is 1470. The molecule has 1 aliphatic carbocycles. The number of carboxylic acid groups (broad SMARTS) is 1. The predicted octanol–water partition coefficient (Wildman–Crippen LogP) is 6.34. The number of fused-ring (bicyclic) bond motifs is 1. The van der Waals surface area contributed by atoms with Gasteiger partial charge < -0.3 is 19.5 Å². The van der Waals surface area contributed by atoms with Crippen molar-refractivity contribution in [3.05, 3.63) is 66.2 Å². The standard InChI is InChI=1S/C33H37N3O5/c1-31(2,3)36(30(38)39)33(15-8-16-33)24-13-11-23(12-14-24)28-25(22-9-6-5-7-10-22)17-26-29(34-28)41-18-27(37)35(26)19-32(4)20-40-21-32/h5-7,9-14,17H,8,15-16,18-21H2,1-4H3,(H,38,39). The summed E-state index contributed by atoms with van der Waals surface area (Å²) < 4.78 is 11.3. The van der Waals surface area contributed by atoms with E-state index in [0.717, 1.165) is 47.2 Å². The van der Waals surface area contributed by atoms with Gasteiger partial charge in [0, 0.05) is 28.6 Å². The van der Waals surface area contributed by atoms with Gasteiger partial charge in [0.25, 0.3) is 5.91 Å². The van der Waals surface area contributed by atoms with Gasteiger partial charge in [-0.25, -0.2) is 9.78 Å². The minimum Gasteiger partial charge on any atom is -0.466 e. The molecule has 2 aromatic carbocycles. The van der Waals surface area contributed by atoms with Crippen molar-refractivity contribution in [3.63, 3.8) is 0 Å². The SMILES string of the molecule is CC1(CN2C(=O)COc3nc(-c4ccc(C5(N(C(=O)O)C(C)(C)C)CCC5)cc4)c(-c4ccccc4)cc32)COC1. The molecule has 2 aliphatic heterocycles. The lowest BCUT2D eigenvalue weighted by Crippen LogP contribution is -2.60. The molecule has 0 spiro atoms. The summed E-state index contributed by atoms with van der Waals surface area (Å²) >= 11 is 0. The monoisotopic (exact) mass is 555 g/mol. The van der Waals surface area contributed by atoms with Gasteiger partial charge in [0.05, 0.1) is 24.4 Å². The summed E-state index contributed by atoms with van der Waals surface area (Å²) in [6, 6.07) is 20.2. The van der Waals surface area contributed by atoms with Gasteiger partial charge >= 0.3 is 6.09 Å². The number of pyridine rings is 1. The van der Waals surface area contributed by atoms with Gasteiger partial charge in [0.15, 0.2) is 6.61 Å². The van der Waals surface area contributed by atoms with E-state index in [-0.39, 0.29) is 17.9 Å². The van der Waals surface area contributed by atoms with Gasteiger partial charge in [-0.05, 0) is 57.2 Å². The molecule has 41 heavy (non-hydrogen) atoms. The molecule has 1 aromatic heterocycles. The van der Waals surface area contributed by atoms with Gasteiger partial charge in [0.2, 0.25) is 5.88 Å². The number of hydrogen-bond donors (Lipinski definition) is 1. The molecule has 0 atom stereocenters. The molecule has 214 valence electrons. The van der Waals surface area contributed by atoms with Crippen LogP contribution in [0.5, 0.6) is 5.88 Å². The highest BCUT2D eigenvalue weighted by Gasteiger charge is 2.50. The van der Waals surface area contributed by atoms with Crippen LogP contribution in [0.2, 0.25) is 0 Å². The molecular weight excluding hydrogens is 518 g/mol. The molecule has 6 rings (SSSR count). The molecule has 2 amide bonds. The number of nitrogens with zero attached hydrogens (tertiary/aromatic N) is 3. The van der Waals surface area contributed by atoms with Crippen molar-refractivity contribution in [2.24, 2.45) is 5.41 Å². The van der Waals surface area contributed by atoms with Crippen LogP contribution in [0, 0.1) is 5.41 Å². The van der Waals surface area contributed by atoms with E-state index in [2.05, 4.69) is 6.92 Å². The van der Waals surface area contributed by atoms with Crippen molar-refractivity contribution < 1.29 is 24.2 Å². The van der Waals surface area contributed by atoms with E-state index in [4.69, 9.17) is 14.5 Å². The Morgan fingerprint density at radius 3 is 2.27 bits per heavy atom. The van der Waals surface area contributed by atoms with Crippen LogP contribution in [0.15, 0.2) is 60.7 Å². The smallest absolute Gasteiger partial charge is 0.408 e. The maximum atomic E-state index is 13.0. The summed E-state index contributed by atoms with van der Waals surface area (Å²) in [5.74, 6) is 0.351. The Labute approximate surface area is 240 Å². The fourth-order valence-corrected chi connectivity index (χ4v) is 6.49. The first-order chi connectivity index (χ1) is 19.5. The summed E-state index contributed by atoms with van der Waals surface area (Å²) in [4.78, 5) is 33.8. The van der Waals surface area contributed by atoms with Gasteiger partial charge in [-0.1, -0.05) is 61.5 Å². The summed E-state index contributed by atoms with van der Waals surface area (Å²) in [6.07, 6.45) is 1.68. The molecule has 0 bridgehead atoms. The second-order valence-electron chi connectivity index (χ2n) is 12.9. The summed E-state index contributed by atoms with van der Waals surface area (Å²) in [5, 5.41) is 10.2. The van der Waals surface area contributed by atoms with Crippen molar-refractivity contribution in [2.75, 3.05) is 31.3 Å². The predicted molar refractivity (Wildman–Crippen MR) is 157 cm³/mol.